The molecule has 1 atom stereocenters. The van der Waals surface area contributed by atoms with Gasteiger partial charge in [0.1, 0.15) is 12.4 Å². The Morgan fingerprint density at radius 1 is 1.19 bits per heavy atom. The normalized spacial score (nSPS) is 11.5. The number of benzene rings is 2. The topological polar surface area (TPSA) is 119 Å². The minimum absolute atomic E-state index is 0.209. The number of hydrogen-bond donors (Lipinski definition) is 2. The summed E-state index contributed by atoms with van der Waals surface area (Å²) in [5, 5.41) is 21.7. The first kappa shape index (κ1) is 18.8. The number of ether oxygens (including phenoxy) is 1. The molecule has 0 radical (unpaired) electrons. The van der Waals surface area contributed by atoms with Crippen molar-refractivity contribution >= 4 is 17.7 Å². The number of nitro benzene ring substituents is 1. The number of halogens is 2. The zero-order chi connectivity index (χ0) is 19.3. The predicted molar refractivity (Wildman–Crippen MR) is 83.2 cm³/mol. The monoisotopic (exact) mass is 366 g/mol. The van der Waals surface area contributed by atoms with Gasteiger partial charge in [0, 0.05) is 6.07 Å². The van der Waals surface area contributed by atoms with E-state index in [4.69, 9.17) is 9.84 Å². The third-order valence-electron chi connectivity index (χ3n) is 3.31. The predicted octanol–water partition coefficient (Wildman–Crippen LogP) is 2.93. The number of hydrogen-bond acceptors (Lipinski definition) is 5. The summed E-state index contributed by atoms with van der Waals surface area (Å²) < 4.78 is 32.8. The molecule has 0 aliphatic carbocycles. The molecule has 0 heterocycles. The summed E-state index contributed by atoms with van der Waals surface area (Å²) in [6, 6.07) is 7.28. The lowest BCUT2D eigenvalue weighted by Crippen LogP contribution is -2.35. The van der Waals surface area contributed by atoms with Crippen molar-refractivity contribution in [2.45, 2.75) is 12.6 Å². The van der Waals surface area contributed by atoms with Crippen molar-refractivity contribution in [3.8, 4) is 0 Å². The Morgan fingerprint density at radius 2 is 1.85 bits per heavy atom. The summed E-state index contributed by atoms with van der Waals surface area (Å²) in [6.45, 7) is -0.209. The molecule has 0 aromatic heterocycles. The highest BCUT2D eigenvalue weighted by Crippen LogP contribution is 2.28. The zero-order valence-electron chi connectivity index (χ0n) is 13.0. The van der Waals surface area contributed by atoms with Gasteiger partial charge in [0.25, 0.3) is 0 Å². The average molecular weight is 366 g/mol. The van der Waals surface area contributed by atoms with Crippen LogP contribution in [0.15, 0.2) is 42.5 Å². The number of nitrogens with zero attached hydrogens (tertiary/aromatic N) is 1. The summed E-state index contributed by atoms with van der Waals surface area (Å²) in [6.07, 6.45) is -1.26. The lowest BCUT2D eigenvalue weighted by molar-refractivity contribution is -0.387. The number of carboxylic acids is 1. The van der Waals surface area contributed by atoms with Gasteiger partial charge in [-0.25, -0.2) is 14.0 Å². The second kappa shape index (κ2) is 8.01. The van der Waals surface area contributed by atoms with Crippen LogP contribution in [0.2, 0.25) is 0 Å². The van der Waals surface area contributed by atoms with E-state index in [9.17, 15) is 28.5 Å². The van der Waals surface area contributed by atoms with E-state index in [1.165, 1.54) is 0 Å². The van der Waals surface area contributed by atoms with Crippen molar-refractivity contribution in [3.63, 3.8) is 0 Å². The van der Waals surface area contributed by atoms with Gasteiger partial charge in [-0.05, 0) is 11.6 Å². The largest absolute Gasteiger partial charge is 0.479 e. The van der Waals surface area contributed by atoms with Crippen LogP contribution in [0.25, 0.3) is 0 Å². The van der Waals surface area contributed by atoms with E-state index in [1.54, 1.807) is 35.6 Å². The molecule has 0 saturated heterocycles. The maximum absolute atomic E-state index is 14.2. The van der Waals surface area contributed by atoms with Gasteiger partial charge >= 0.3 is 17.7 Å². The highest BCUT2D eigenvalue weighted by Gasteiger charge is 2.33. The number of nitro groups is 1. The number of carbonyl (C=O) groups is 2. The van der Waals surface area contributed by atoms with E-state index in [0.717, 1.165) is 0 Å². The molecule has 0 aliphatic rings. The van der Waals surface area contributed by atoms with E-state index in [-0.39, 0.29) is 6.61 Å². The van der Waals surface area contributed by atoms with Gasteiger partial charge in [0.15, 0.2) is 6.04 Å². The smallest absolute Gasteiger partial charge is 0.408 e. The molecule has 0 bridgehead atoms. The molecule has 2 aromatic carbocycles. The fraction of sp³-hybridized carbons (Fsp3) is 0.125. The van der Waals surface area contributed by atoms with Crippen molar-refractivity contribution in [3.05, 3.63) is 75.3 Å². The number of carboxylic acid groups (broad SMARTS) is 1. The van der Waals surface area contributed by atoms with Crippen molar-refractivity contribution in [1.29, 1.82) is 0 Å². The van der Waals surface area contributed by atoms with E-state index in [0.29, 0.717) is 17.7 Å². The molecule has 0 fully saturated rings. The molecule has 8 nitrogen and oxygen atoms in total. The molecule has 26 heavy (non-hydrogen) atoms. The molecule has 0 saturated carbocycles. The summed E-state index contributed by atoms with van der Waals surface area (Å²) in [5.41, 5.74) is -1.68. The van der Waals surface area contributed by atoms with Gasteiger partial charge in [-0.3, -0.25) is 10.1 Å². The third-order valence-corrected chi connectivity index (χ3v) is 3.31. The highest BCUT2D eigenvalue weighted by molar-refractivity contribution is 5.81. The molecular formula is C16H12F2N2O6. The van der Waals surface area contributed by atoms with Gasteiger partial charge in [-0.1, -0.05) is 30.3 Å². The molecule has 0 spiro atoms. The van der Waals surface area contributed by atoms with Crippen LogP contribution in [-0.2, 0) is 16.1 Å². The Labute approximate surface area is 145 Å². The van der Waals surface area contributed by atoms with Crippen molar-refractivity contribution in [2.24, 2.45) is 0 Å². The molecule has 2 N–H and O–H groups in total. The maximum Gasteiger partial charge on any atom is 0.408 e. The van der Waals surface area contributed by atoms with Crippen molar-refractivity contribution in [2.75, 3.05) is 0 Å². The SMILES string of the molecule is O=C(NC(C(=O)O)c1c(F)ccc([N+](=O)[O-])c1F)OCc1ccccc1. The maximum atomic E-state index is 14.2. The number of alkyl carbamates (subject to hydrolysis) is 1. The Bertz CT molecular complexity index is 844. The lowest BCUT2D eigenvalue weighted by Gasteiger charge is -2.16. The molecule has 136 valence electrons. The molecule has 0 aliphatic heterocycles. The van der Waals surface area contributed by atoms with Crippen LogP contribution in [0.3, 0.4) is 0 Å². The Hall–Kier alpha value is -3.56. The van der Waals surface area contributed by atoms with Crippen molar-refractivity contribution in [1.82, 2.24) is 5.32 Å². The highest BCUT2D eigenvalue weighted by atomic mass is 19.1. The minimum atomic E-state index is -2.21. The number of aliphatic carboxylic acids is 1. The van der Waals surface area contributed by atoms with Gasteiger partial charge in [-0.2, -0.15) is 4.39 Å². The summed E-state index contributed by atoms with van der Waals surface area (Å²) in [5.74, 6) is -4.87. The number of rotatable bonds is 6. The van der Waals surface area contributed by atoms with Gasteiger partial charge in [-0.15, -0.1) is 0 Å². The Kier molecular flexibility index (Phi) is 5.78. The van der Waals surface area contributed by atoms with Crippen LogP contribution in [-0.4, -0.2) is 22.1 Å². The van der Waals surface area contributed by atoms with Crippen LogP contribution in [0.1, 0.15) is 17.2 Å². The average Bonchev–Trinajstić information content (AvgIpc) is 2.59. The van der Waals surface area contributed by atoms with Gasteiger partial charge in [0.2, 0.25) is 5.82 Å². The minimum Gasteiger partial charge on any atom is -0.479 e. The van der Waals surface area contributed by atoms with E-state index in [2.05, 4.69) is 0 Å². The molecule has 1 amide bonds. The Morgan fingerprint density at radius 3 is 2.42 bits per heavy atom. The quantitative estimate of drug-likeness (QED) is 0.599. The second-order valence-corrected chi connectivity index (χ2v) is 5.03. The molecular weight excluding hydrogens is 354 g/mol. The van der Waals surface area contributed by atoms with Crippen LogP contribution in [0.5, 0.6) is 0 Å². The van der Waals surface area contributed by atoms with Gasteiger partial charge < -0.3 is 15.2 Å². The standard InChI is InChI=1S/C16H12F2N2O6/c17-10-6-7-11(20(24)25)13(18)12(10)14(15(21)22)19-16(23)26-8-9-4-2-1-3-5-9/h1-7,14H,8H2,(H,19,23)(H,21,22). The van der Waals surface area contributed by atoms with Crippen LogP contribution in [0.4, 0.5) is 19.3 Å². The first-order valence-electron chi connectivity index (χ1n) is 7.13. The summed E-state index contributed by atoms with van der Waals surface area (Å²) in [7, 11) is 0. The number of nitrogens with one attached hydrogen (secondary N) is 1. The first-order valence-corrected chi connectivity index (χ1v) is 7.13. The fourth-order valence-electron chi connectivity index (χ4n) is 2.10. The molecule has 10 heteroatoms. The van der Waals surface area contributed by atoms with Gasteiger partial charge in [0.05, 0.1) is 10.5 Å². The zero-order valence-corrected chi connectivity index (χ0v) is 13.0. The fourth-order valence-corrected chi connectivity index (χ4v) is 2.10. The second-order valence-electron chi connectivity index (χ2n) is 5.03. The van der Waals surface area contributed by atoms with E-state index < -0.39 is 45.9 Å². The number of carbonyl (C=O) groups excluding carboxylic acids is 1. The lowest BCUT2D eigenvalue weighted by atomic mass is 10.0. The van der Waals surface area contributed by atoms with Crippen LogP contribution < -0.4 is 5.32 Å². The number of amides is 1. The Balaban J connectivity index is 2.21. The van der Waals surface area contributed by atoms with Crippen LogP contribution >= 0.6 is 0 Å². The molecule has 1 unspecified atom stereocenters. The first-order chi connectivity index (χ1) is 12.3. The summed E-state index contributed by atoms with van der Waals surface area (Å²) >= 11 is 0. The van der Waals surface area contributed by atoms with E-state index >= 15 is 0 Å². The van der Waals surface area contributed by atoms with Crippen LogP contribution in [0, 0.1) is 21.7 Å². The molecule has 2 aromatic rings. The van der Waals surface area contributed by atoms with E-state index in [1.807, 2.05) is 0 Å². The third kappa shape index (κ3) is 4.29. The van der Waals surface area contributed by atoms with Crippen molar-refractivity contribution < 1.29 is 33.1 Å². The molecule has 2 rings (SSSR count). The summed E-state index contributed by atoms with van der Waals surface area (Å²) in [4.78, 5) is 32.7.